The van der Waals surface area contributed by atoms with Crippen molar-refractivity contribution >= 4 is 5.78 Å². The number of rotatable bonds is 6. The van der Waals surface area contributed by atoms with E-state index in [-0.39, 0.29) is 22.7 Å². The Morgan fingerprint density at radius 1 is 1.12 bits per heavy atom. The number of nitriles is 1. The molecule has 2 aromatic rings. The van der Waals surface area contributed by atoms with E-state index < -0.39 is 5.92 Å². The number of Topliss-reactive ketones (excluding diaryl/α,β-unsaturated/α-hetero) is 1. The molecule has 0 fully saturated rings. The van der Waals surface area contributed by atoms with Gasteiger partial charge in [0.05, 0.1) is 12.5 Å². The topological polar surface area (TPSA) is 94.6 Å². The van der Waals surface area contributed by atoms with Gasteiger partial charge in [-0.3, -0.25) is 4.79 Å². The highest BCUT2D eigenvalue weighted by Crippen LogP contribution is 2.48. The van der Waals surface area contributed by atoms with E-state index in [1.165, 1.54) is 0 Å². The van der Waals surface area contributed by atoms with E-state index in [9.17, 15) is 10.1 Å². The van der Waals surface area contributed by atoms with Crippen molar-refractivity contribution in [3.8, 4) is 17.6 Å². The lowest BCUT2D eigenvalue weighted by Gasteiger charge is -2.37. The first kappa shape index (κ1) is 22.5. The average Bonchev–Trinajstić information content (AvgIpc) is 2.77. The third-order valence-electron chi connectivity index (χ3n) is 5.91. The molecular formula is C27H28N2O4. The number of nitrogens with two attached hydrogens (primary N) is 1. The van der Waals surface area contributed by atoms with Crippen molar-refractivity contribution in [2.24, 2.45) is 11.1 Å². The summed E-state index contributed by atoms with van der Waals surface area (Å²) in [5, 5.41) is 9.85. The number of carbonyl (C=O) groups is 1. The molecule has 1 heterocycles. The third kappa shape index (κ3) is 4.58. The van der Waals surface area contributed by atoms with Gasteiger partial charge in [0, 0.05) is 18.4 Å². The highest BCUT2D eigenvalue weighted by molar-refractivity contribution is 6.00. The van der Waals surface area contributed by atoms with Crippen LogP contribution in [0.3, 0.4) is 0 Å². The highest BCUT2D eigenvalue weighted by Gasteiger charge is 2.43. The summed E-state index contributed by atoms with van der Waals surface area (Å²) in [7, 11) is 0. The van der Waals surface area contributed by atoms with Crippen LogP contribution in [0.1, 0.15) is 50.7 Å². The monoisotopic (exact) mass is 444 g/mol. The maximum atomic E-state index is 13.2. The Labute approximate surface area is 194 Å². The van der Waals surface area contributed by atoms with Crippen molar-refractivity contribution < 1.29 is 19.0 Å². The molecule has 0 spiro atoms. The summed E-state index contributed by atoms with van der Waals surface area (Å²) < 4.78 is 17.7. The van der Waals surface area contributed by atoms with Crippen LogP contribution in [0.25, 0.3) is 0 Å². The zero-order chi connectivity index (χ0) is 23.6. The van der Waals surface area contributed by atoms with E-state index in [0.29, 0.717) is 48.9 Å². The Kier molecular flexibility index (Phi) is 6.15. The smallest absolute Gasteiger partial charge is 0.205 e. The molecule has 0 unspecified atom stereocenters. The zero-order valence-corrected chi connectivity index (χ0v) is 19.2. The number of benzene rings is 2. The Hall–Kier alpha value is -3.72. The van der Waals surface area contributed by atoms with Crippen LogP contribution in [0.4, 0.5) is 0 Å². The molecule has 2 N–H and O–H groups in total. The first-order valence-electron chi connectivity index (χ1n) is 11.1. The van der Waals surface area contributed by atoms with Crippen LogP contribution in [0.15, 0.2) is 71.3 Å². The van der Waals surface area contributed by atoms with Gasteiger partial charge >= 0.3 is 0 Å². The standard InChI is InChI=1S/C27H28N2O4/c1-4-31-22-12-18(10-11-21(22)32-16-17-8-6-5-7-9-17)24-19(15-28)26(29)33-23-14-27(2,3)13-20(30)25(23)24/h5-12,24H,4,13-14,16,29H2,1-3H3/t24-/m1/s1. The molecule has 0 saturated heterocycles. The van der Waals surface area contributed by atoms with Gasteiger partial charge in [0.25, 0.3) is 0 Å². The molecule has 33 heavy (non-hydrogen) atoms. The van der Waals surface area contributed by atoms with E-state index in [1.807, 2.05) is 69.3 Å². The summed E-state index contributed by atoms with van der Waals surface area (Å²) in [6, 6.07) is 17.6. The lowest BCUT2D eigenvalue weighted by molar-refractivity contribution is -0.119. The van der Waals surface area contributed by atoms with Gasteiger partial charge in [-0.15, -0.1) is 0 Å². The van der Waals surface area contributed by atoms with Crippen molar-refractivity contribution in [2.75, 3.05) is 6.61 Å². The fraction of sp³-hybridized carbons (Fsp3) is 0.333. The third-order valence-corrected chi connectivity index (χ3v) is 5.91. The van der Waals surface area contributed by atoms with Crippen LogP contribution in [0.5, 0.6) is 11.5 Å². The fourth-order valence-corrected chi connectivity index (χ4v) is 4.45. The van der Waals surface area contributed by atoms with Gasteiger partial charge in [-0.25, -0.2) is 0 Å². The van der Waals surface area contributed by atoms with Crippen LogP contribution < -0.4 is 15.2 Å². The fourth-order valence-electron chi connectivity index (χ4n) is 4.45. The molecule has 1 aliphatic heterocycles. The molecule has 0 aromatic heterocycles. The van der Waals surface area contributed by atoms with Crippen molar-refractivity contribution in [1.82, 2.24) is 0 Å². The van der Waals surface area contributed by atoms with Crippen molar-refractivity contribution in [3.63, 3.8) is 0 Å². The van der Waals surface area contributed by atoms with Crippen LogP contribution in [-0.2, 0) is 16.1 Å². The van der Waals surface area contributed by atoms with Gasteiger partial charge in [0.15, 0.2) is 17.3 Å². The molecular weight excluding hydrogens is 416 g/mol. The first-order valence-corrected chi connectivity index (χ1v) is 11.1. The maximum Gasteiger partial charge on any atom is 0.205 e. The van der Waals surface area contributed by atoms with Crippen LogP contribution >= 0.6 is 0 Å². The van der Waals surface area contributed by atoms with Gasteiger partial charge in [-0.1, -0.05) is 50.2 Å². The van der Waals surface area contributed by atoms with Gasteiger partial charge in [-0.05, 0) is 35.6 Å². The van der Waals surface area contributed by atoms with Crippen molar-refractivity contribution in [3.05, 3.63) is 82.4 Å². The van der Waals surface area contributed by atoms with Gasteiger partial charge < -0.3 is 19.9 Å². The van der Waals surface area contributed by atoms with E-state index in [1.54, 1.807) is 0 Å². The second-order valence-electron chi connectivity index (χ2n) is 9.12. The van der Waals surface area contributed by atoms with Crippen LogP contribution in [0.2, 0.25) is 0 Å². The number of hydrogen-bond acceptors (Lipinski definition) is 6. The predicted molar refractivity (Wildman–Crippen MR) is 124 cm³/mol. The molecule has 6 heteroatoms. The largest absolute Gasteiger partial charge is 0.490 e. The minimum Gasteiger partial charge on any atom is -0.490 e. The Morgan fingerprint density at radius 3 is 2.58 bits per heavy atom. The van der Waals surface area contributed by atoms with Crippen LogP contribution in [0, 0.1) is 16.7 Å². The van der Waals surface area contributed by atoms with E-state index >= 15 is 0 Å². The number of hydrogen-bond donors (Lipinski definition) is 1. The number of carbonyl (C=O) groups excluding carboxylic acids is 1. The minimum absolute atomic E-state index is 0.0196. The second-order valence-corrected chi connectivity index (χ2v) is 9.12. The zero-order valence-electron chi connectivity index (χ0n) is 19.2. The number of ether oxygens (including phenoxy) is 3. The number of nitrogens with zero attached hydrogens (tertiary/aromatic N) is 1. The molecule has 4 rings (SSSR count). The summed E-state index contributed by atoms with van der Waals surface area (Å²) >= 11 is 0. The number of ketones is 1. The second kappa shape index (κ2) is 9.03. The molecule has 0 saturated carbocycles. The van der Waals surface area contributed by atoms with E-state index in [4.69, 9.17) is 19.9 Å². The molecule has 1 atom stereocenters. The number of allylic oxidation sites excluding steroid dienone is 3. The summed E-state index contributed by atoms with van der Waals surface area (Å²) in [6.45, 7) is 6.80. The molecule has 0 bridgehead atoms. The van der Waals surface area contributed by atoms with Gasteiger partial charge in [0.2, 0.25) is 5.88 Å². The van der Waals surface area contributed by atoms with Crippen molar-refractivity contribution in [2.45, 2.75) is 46.1 Å². The normalized spacial score (nSPS) is 19.5. The first-order chi connectivity index (χ1) is 15.8. The quantitative estimate of drug-likeness (QED) is 0.665. The maximum absolute atomic E-state index is 13.2. The van der Waals surface area contributed by atoms with E-state index in [0.717, 1.165) is 11.1 Å². The lowest BCUT2D eigenvalue weighted by atomic mass is 9.70. The molecule has 0 amide bonds. The summed E-state index contributed by atoms with van der Waals surface area (Å²) in [6.07, 6.45) is 0.974. The van der Waals surface area contributed by atoms with Gasteiger partial charge in [-0.2, -0.15) is 5.26 Å². The highest BCUT2D eigenvalue weighted by atomic mass is 16.5. The average molecular weight is 445 g/mol. The Balaban J connectivity index is 1.73. The molecule has 1 aliphatic carbocycles. The van der Waals surface area contributed by atoms with Gasteiger partial charge in [0.1, 0.15) is 24.0 Å². The SMILES string of the molecule is CCOc1cc([C@@H]2C(C#N)=C(N)OC3=C2C(=O)CC(C)(C)C3)ccc1OCc1ccccc1. The minimum atomic E-state index is -0.593. The Bertz CT molecular complexity index is 1170. The molecule has 2 aromatic carbocycles. The van der Waals surface area contributed by atoms with Crippen LogP contribution in [-0.4, -0.2) is 12.4 Å². The predicted octanol–water partition coefficient (Wildman–Crippen LogP) is 5.12. The summed E-state index contributed by atoms with van der Waals surface area (Å²) in [4.78, 5) is 13.2. The molecule has 0 radical (unpaired) electrons. The molecule has 170 valence electrons. The molecule has 2 aliphatic rings. The lowest BCUT2D eigenvalue weighted by Crippen LogP contribution is -2.33. The van der Waals surface area contributed by atoms with E-state index in [2.05, 4.69) is 6.07 Å². The summed E-state index contributed by atoms with van der Waals surface area (Å²) in [5.41, 5.74) is 8.44. The van der Waals surface area contributed by atoms with Crippen molar-refractivity contribution in [1.29, 1.82) is 5.26 Å². The molecule has 6 nitrogen and oxygen atoms in total. The Morgan fingerprint density at radius 2 is 1.88 bits per heavy atom. The summed E-state index contributed by atoms with van der Waals surface area (Å²) in [5.74, 6) is 1.14.